The lowest BCUT2D eigenvalue weighted by atomic mass is 10.0. The van der Waals surface area contributed by atoms with E-state index in [9.17, 15) is 4.79 Å². The fourth-order valence-corrected chi connectivity index (χ4v) is 2.67. The van der Waals surface area contributed by atoms with Crippen LogP contribution in [0.5, 0.6) is 11.5 Å². The summed E-state index contributed by atoms with van der Waals surface area (Å²) in [6.45, 7) is 2.19. The van der Waals surface area contributed by atoms with E-state index in [4.69, 9.17) is 14.6 Å². The van der Waals surface area contributed by atoms with Gasteiger partial charge in [-0.15, -0.1) is 0 Å². The third-order valence-electron chi connectivity index (χ3n) is 3.88. The average Bonchev–Trinajstić information content (AvgIpc) is 3.28. The van der Waals surface area contributed by atoms with Crippen LogP contribution in [-0.2, 0) is 11.2 Å². The van der Waals surface area contributed by atoms with Crippen LogP contribution < -0.4 is 9.47 Å². The predicted octanol–water partition coefficient (Wildman–Crippen LogP) is 2.18. The van der Waals surface area contributed by atoms with Crippen molar-refractivity contribution >= 4 is 5.97 Å². The molecular weight excluding hydrogens is 270 g/mol. The molecule has 5 heteroatoms. The van der Waals surface area contributed by atoms with E-state index in [1.54, 1.807) is 14.2 Å². The molecule has 1 aliphatic rings. The van der Waals surface area contributed by atoms with Gasteiger partial charge in [-0.3, -0.25) is 9.69 Å². The Morgan fingerprint density at radius 1 is 1.33 bits per heavy atom. The highest BCUT2D eigenvalue weighted by molar-refractivity contribution is 5.69. The third kappa shape index (κ3) is 4.11. The van der Waals surface area contributed by atoms with Crippen LogP contribution in [0, 0.1) is 0 Å². The molecule has 0 radical (unpaired) electrons. The van der Waals surface area contributed by atoms with Gasteiger partial charge < -0.3 is 14.6 Å². The zero-order valence-electron chi connectivity index (χ0n) is 12.8. The van der Waals surface area contributed by atoms with Crippen LogP contribution in [0.3, 0.4) is 0 Å². The van der Waals surface area contributed by atoms with Gasteiger partial charge in [0.25, 0.3) is 0 Å². The van der Waals surface area contributed by atoms with Gasteiger partial charge in [0.05, 0.1) is 20.8 Å². The van der Waals surface area contributed by atoms with Crippen LogP contribution in [0.4, 0.5) is 0 Å². The van der Waals surface area contributed by atoms with Gasteiger partial charge in [-0.25, -0.2) is 0 Å². The summed E-state index contributed by atoms with van der Waals surface area (Å²) in [7, 11) is 3.23. The minimum Gasteiger partial charge on any atom is -0.493 e. The fourth-order valence-electron chi connectivity index (χ4n) is 2.67. The minimum absolute atomic E-state index is 0.110. The molecule has 0 aliphatic heterocycles. The molecule has 0 aromatic heterocycles. The number of hydrogen-bond acceptors (Lipinski definition) is 4. The molecule has 5 nitrogen and oxygen atoms in total. The van der Waals surface area contributed by atoms with Crippen molar-refractivity contribution in [2.45, 2.75) is 38.3 Å². The number of methoxy groups -OCH3 is 2. The zero-order valence-corrected chi connectivity index (χ0v) is 12.8. The molecular formula is C16H23NO4. The topological polar surface area (TPSA) is 59.0 Å². The summed E-state index contributed by atoms with van der Waals surface area (Å²) in [5, 5.41) is 9.05. The molecule has 0 amide bonds. The van der Waals surface area contributed by atoms with Crippen molar-refractivity contribution in [1.82, 2.24) is 4.90 Å². The van der Waals surface area contributed by atoms with Crippen molar-refractivity contribution in [1.29, 1.82) is 0 Å². The summed E-state index contributed by atoms with van der Waals surface area (Å²) in [6.07, 6.45) is 3.00. The lowest BCUT2D eigenvalue weighted by Crippen LogP contribution is -2.40. The second kappa shape index (κ2) is 6.80. The number of hydrogen-bond donors (Lipinski definition) is 1. The van der Waals surface area contributed by atoms with Gasteiger partial charge in [0.2, 0.25) is 0 Å². The number of aliphatic carboxylic acids is 1. The number of carboxylic acids is 1. The van der Waals surface area contributed by atoms with Crippen LogP contribution in [0.2, 0.25) is 0 Å². The maximum Gasteiger partial charge on any atom is 0.317 e. The molecule has 1 aromatic rings. The number of ether oxygens (including phenoxy) is 2. The molecule has 1 aromatic carbocycles. The molecule has 2 rings (SSSR count). The Balaban J connectivity index is 2.06. The Hall–Kier alpha value is -1.75. The maximum atomic E-state index is 11.0. The summed E-state index contributed by atoms with van der Waals surface area (Å²) < 4.78 is 10.5. The number of carbonyl (C=O) groups is 1. The quantitative estimate of drug-likeness (QED) is 0.796. The van der Waals surface area contributed by atoms with Crippen LogP contribution in [0.15, 0.2) is 18.2 Å². The van der Waals surface area contributed by atoms with E-state index in [1.807, 2.05) is 18.2 Å². The highest BCUT2D eigenvalue weighted by Crippen LogP contribution is 2.31. The van der Waals surface area contributed by atoms with E-state index in [-0.39, 0.29) is 12.6 Å². The van der Waals surface area contributed by atoms with Gasteiger partial charge in [0.1, 0.15) is 0 Å². The number of carboxylic acid groups (broad SMARTS) is 1. The van der Waals surface area contributed by atoms with Crippen molar-refractivity contribution < 1.29 is 19.4 Å². The van der Waals surface area contributed by atoms with E-state index >= 15 is 0 Å². The molecule has 0 heterocycles. The summed E-state index contributed by atoms with van der Waals surface area (Å²) in [5.41, 5.74) is 1.12. The van der Waals surface area contributed by atoms with Crippen molar-refractivity contribution in [3.8, 4) is 11.5 Å². The third-order valence-corrected chi connectivity index (χ3v) is 3.88. The van der Waals surface area contributed by atoms with Crippen molar-refractivity contribution in [3.63, 3.8) is 0 Å². The van der Waals surface area contributed by atoms with Gasteiger partial charge in [0.15, 0.2) is 11.5 Å². The number of nitrogens with zero attached hydrogens (tertiary/aromatic N) is 1. The highest BCUT2D eigenvalue weighted by atomic mass is 16.5. The standard InChI is InChI=1S/C16H23NO4/c1-11(17(10-16(18)19)13-5-6-13)8-12-4-7-14(20-2)15(9-12)21-3/h4,7,9,11,13H,5-6,8,10H2,1-3H3,(H,18,19). The SMILES string of the molecule is COc1ccc(CC(C)N(CC(=O)O)C2CC2)cc1OC. The molecule has 1 saturated carbocycles. The fraction of sp³-hybridized carbons (Fsp3) is 0.562. The Kier molecular flexibility index (Phi) is 5.07. The van der Waals surface area contributed by atoms with E-state index < -0.39 is 5.97 Å². The molecule has 116 valence electrons. The smallest absolute Gasteiger partial charge is 0.317 e. The Bertz CT molecular complexity index is 499. The largest absolute Gasteiger partial charge is 0.493 e. The van der Waals surface area contributed by atoms with Crippen LogP contribution >= 0.6 is 0 Å². The van der Waals surface area contributed by atoms with Crippen molar-refractivity contribution in [2.75, 3.05) is 20.8 Å². The Morgan fingerprint density at radius 3 is 2.52 bits per heavy atom. The summed E-state index contributed by atoms with van der Waals surface area (Å²) in [5.74, 6) is 0.651. The number of rotatable bonds is 8. The summed E-state index contributed by atoms with van der Waals surface area (Å²) in [6, 6.07) is 6.47. The van der Waals surface area contributed by atoms with E-state index in [2.05, 4.69) is 11.8 Å². The molecule has 1 fully saturated rings. The zero-order chi connectivity index (χ0) is 15.4. The highest BCUT2D eigenvalue weighted by Gasteiger charge is 2.33. The molecule has 1 aliphatic carbocycles. The Labute approximate surface area is 125 Å². The first-order valence-corrected chi connectivity index (χ1v) is 7.23. The first-order chi connectivity index (χ1) is 10.0. The van der Waals surface area contributed by atoms with Gasteiger partial charge in [-0.2, -0.15) is 0 Å². The second-order valence-corrected chi connectivity index (χ2v) is 5.54. The Morgan fingerprint density at radius 2 is 2.00 bits per heavy atom. The van der Waals surface area contributed by atoms with Crippen LogP contribution in [0.1, 0.15) is 25.3 Å². The first-order valence-electron chi connectivity index (χ1n) is 7.23. The second-order valence-electron chi connectivity index (χ2n) is 5.54. The molecule has 1 unspecified atom stereocenters. The monoisotopic (exact) mass is 293 g/mol. The molecule has 1 atom stereocenters. The summed E-state index contributed by atoms with van der Waals surface area (Å²) in [4.78, 5) is 13.1. The molecule has 21 heavy (non-hydrogen) atoms. The maximum absolute atomic E-state index is 11.0. The van der Waals surface area contributed by atoms with E-state index in [1.165, 1.54) is 0 Å². The van der Waals surface area contributed by atoms with Gasteiger partial charge in [-0.05, 0) is 43.9 Å². The first kappa shape index (κ1) is 15.6. The van der Waals surface area contributed by atoms with E-state index in [0.717, 1.165) is 24.8 Å². The normalized spacial score (nSPS) is 15.8. The number of benzene rings is 1. The lowest BCUT2D eigenvalue weighted by Gasteiger charge is -2.27. The van der Waals surface area contributed by atoms with Gasteiger partial charge in [0, 0.05) is 12.1 Å². The van der Waals surface area contributed by atoms with Crippen molar-refractivity contribution in [3.05, 3.63) is 23.8 Å². The lowest BCUT2D eigenvalue weighted by molar-refractivity contribution is -0.139. The van der Waals surface area contributed by atoms with E-state index in [0.29, 0.717) is 17.5 Å². The average molecular weight is 293 g/mol. The van der Waals surface area contributed by atoms with Crippen molar-refractivity contribution in [2.24, 2.45) is 0 Å². The molecule has 0 saturated heterocycles. The summed E-state index contributed by atoms with van der Waals surface area (Å²) >= 11 is 0. The minimum atomic E-state index is -0.763. The van der Waals surface area contributed by atoms with Gasteiger partial charge in [-0.1, -0.05) is 6.07 Å². The van der Waals surface area contributed by atoms with Crippen LogP contribution in [0.25, 0.3) is 0 Å². The predicted molar refractivity (Wildman–Crippen MR) is 80.1 cm³/mol. The molecule has 1 N–H and O–H groups in total. The van der Waals surface area contributed by atoms with Crippen LogP contribution in [-0.4, -0.2) is 48.8 Å². The van der Waals surface area contributed by atoms with Gasteiger partial charge >= 0.3 is 5.97 Å². The molecule has 0 bridgehead atoms. The molecule has 0 spiro atoms.